The molecule has 0 unspecified atom stereocenters. The van der Waals surface area contributed by atoms with Crippen LogP contribution in [-0.4, -0.2) is 12.6 Å². The summed E-state index contributed by atoms with van der Waals surface area (Å²) in [5, 5.41) is 0. The van der Waals surface area contributed by atoms with Crippen molar-refractivity contribution in [2.45, 2.75) is 51.9 Å². The summed E-state index contributed by atoms with van der Waals surface area (Å²) in [7, 11) is 0. The lowest BCUT2D eigenvalue weighted by molar-refractivity contribution is -0.142. The maximum atomic E-state index is 11.2. The molecule has 80 valence electrons. The molecule has 0 heterocycles. The van der Waals surface area contributed by atoms with Gasteiger partial charge in [-0.05, 0) is 32.6 Å². The molecule has 14 heavy (non-hydrogen) atoms. The largest absolute Gasteiger partial charge is 0.466 e. The summed E-state index contributed by atoms with van der Waals surface area (Å²) in [6, 6.07) is 0. The standard InChI is InChI=1S/C12H20O2/c1-2-14-12(13)10-11-8-6-4-3-5-7-9-11/h8H,2-7,9-10H2,1H3/b11-8+. The van der Waals surface area contributed by atoms with Crippen LogP contribution in [0.4, 0.5) is 0 Å². The van der Waals surface area contributed by atoms with Crippen molar-refractivity contribution in [2.24, 2.45) is 0 Å². The average molecular weight is 196 g/mol. The molecule has 0 aromatic carbocycles. The van der Waals surface area contributed by atoms with Crippen molar-refractivity contribution in [1.82, 2.24) is 0 Å². The van der Waals surface area contributed by atoms with Crippen molar-refractivity contribution >= 4 is 5.97 Å². The van der Waals surface area contributed by atoms with Crippen molar-refractivity contribution in [3.63, 3.8) is 0 Å². The number of allylic oxidation sites excluding steroid dienone is 1. The van der Waals surface area contributed by atoms with Crippen LogP contribution in [0.25, 0.3) is 0 Å². The van der Waals surface area contributed by atoms with Crippen LogP contribution in [0.5, 0.6) is 0 Å². The Balaban J connectivity index is 2.36. The Labute approximate surface area is 86.3 Å². The molecule has 1 rings (SSSR count). The summed E-state index contributed by atoms with van der Waals surface area (Å²) >= 11 is 0. The summed E-state index contributed by atoms with van der Waals surface area (Å²) in [4.78, 5) is 11.2. The van der Waals surface area contributed by atoms with E-state index in [4.69, 9.17) is 4.74 Å². The number of ether oxygens (including phenoxy) is 1. The Bertz CT molecular complexity index is 206. The van der Waals surface area contributed by atoms with E-state index in [1.807, 2.05) is 6.92 Å². The van der Waals surface area contributed by atoms with Crippen LogP contribution in [0.15, 0.2) is 11.6 Å². The number of hydrogen-bond acceptors (Lipinski definition) is 2. The SMILES string of the molecule is CCOC(=O)C/C1=C/CCCCCC1. The Kier molecular flexibility index (Phi) is 5.35. The van der Waals surface area contributed by atoms with Gasteiger partial charge in [-0.15, -0.1) is 0 Å². The summed E-state index contributed by atoms with van der Waals surface area (Å²) in [6.07, 6.45) is 10.1. The number of carbonyl (C=O) groups is 1. The van der Waals surface area contributed by atoms with Crippen LogP contribution in [0, 0.1) is 0 Å². The number of hydrogen-bond donors (Lipinski definition) is 0. The van der Waals surface area contributed by atoms with E-state index in [0.717, 1.165) is 12.8 Å². The monoisotopic (exact) mass is 196 g/mol. The zero-order chi connectivity index (χ0) is 10.2. The summed E-state index contributed by atoms with van der Waals surface area (Å²) < 4.78 is 4.94. The average Bonchev–Trinajstić information content (AvgIpc) is 2.10. The zero-order valence-electron chi connectivity index (χ0n) is 9.05. The lowest BCUT2D eigenvalue weighted by Gasteiger charge is -2.10. The third kappa shape index (κ3) is 4.45. The molecular formula is C12H20O2. The van der Waals surface area contributed by atoms with Gasteiger partial charge in [0, 0.05) is 0 Å². The van der Waals surface area contributed by atoms with Crippen molar-refractivity contribution in [1.29, 1.82) is 0 Å². The summed E-state index contributed by atoms with van der Waals surface area (Å²) in [5.41, 5.74) is 1.28. The maximum absolute atomic E-state index is 11.2. The van der Waals surface area contributed by atoms with E-state index in [9.17, 15) is 4.79 Å². The van der Waals surface area contributed by atoms with E-state index >= 15 is 0 Å². The van der Waals surface area contributed by atoms with Gasteiger partial charge >= 0.3 is 5.97 Å². The first-order chi connectivity index (χ1) is 6.83. The fraction of sp³-hybridized carbons (Fsp3) is 0.750. The molecule has 0 amide bonds. The molecule has 0 N–H and O–H groups in total. The van der Waals surface area contributed by atoms with E-state index in [2.05, 4.69) is 6.08 Å². The predicted molar refractivity (Wildman–Crippen MR) is 57.0 cm³/mol. The molecule has 0 saturated carbocycles. The highest BCUT2D eigenvalue weighted by atomic mass is 16.5. The Morgan fingerprint density at radius 3 is 2.93 bits per heavy atom. The molecular weight excluding hydrogens is 176 g/mol. The van der Waals surface area contributed by atoms with E-state index < -0.39 is 0 Å². The molecule has 0 bridgehead atoms. The predicted octanol–water partition coefficient (Wildman–Crippen LogP) is 3.22. The third-order valence-corrected chi connectivity index (χ3v) is 2.56. The third-order valence-electron chi connectivity index (χ3n) is 2.56. The van der Waals surface area contributed by atoms with Crippen molar-refractivity contribution < 1.29 is 9.53 Å². The lowest BCUT2D eigenvalue weighted by atomic mass is 9.98. The molecule has 2 heteroatoms. The Morgan fingerprint density at radius 1 is 1.36 bits per heavy atom. The van der Waals surface area contributed by atoms with Crippen molar-refractivity contribution in [3.8, 4) is 0 Å². The van der Waals surface area contributed by atoms with Gasteiger partial charge in [-0.25, -0.2) is 0 Å². The van der Waals surface area contributed by atoms with Gasteiger partial charge in [-0.3, -0.25) is 4.79 Å². The second-order valence-electron chi connectivity index (χ2n) is 3.80. The number of rotatable bonds is 3. The van der Waals surface area contributed by atoms with Gasteiger partial charge in [0.1, 0.15) is 0 Å². The van der Waals surface area contributed by atoms with Crippen molar-refractivity contribution in [2.75, 3.05) is 6.61 Å². The first kappa shape index (κ1) is 11.3. The lowest BCUT2D eigenvalue weighted by Crippen LogP contribution is -2.05. The molecule has 0 aromatic heterocycles. The first-order valence-electron chi connectivity index (χ1n) is 5.66. The minimum Gasteiger partial charge on any atom is -0.466 e. The molecule has 0 fully saturated rings. The minimum atomic E-state index is -0.0701. The van der Waals surface area contributed by atoms with E-state index in [-0.39, 0.29) is 5.97 Å². The van der Waals surface area contributed by atoms with Crippen LogP contribution in [0.1, 0.15) is 51.9 Å². The second-order valence-corrected chi connectivity index (χ2v) is 3.80. The van der Waals surface area contributed by atoms with Gasteiger partial charge in [-0.1, -0.05) is 24.5 Å². The fourth-order valence-electron chi connectivity index (χ4n) is 1.82. The van der Waals surface area contributed by atoms with E-state index in [1.165, 1.54) is 31.3 Å². The smallest absolute Gasteiger partial charge is 0.309 e. The summed E-state index contributed by atoms with van der Waals surface area (Å²) in [6.45, 7) is 2.34. The molecule has 1 aliphatic carbocycles. The molecule has 0 radical (unpaired) electrons. The van der Waals surface area contributed by atoms with Crippen molar-refractivity contribution in [3.05, 3.63) is 11.6 Å². The van der Waals surface area contributed by atoms with Crippen LogP contribution < -0.4 is 0 Å². The topological polar surface area (TPSA) is 26.3 Å². The fourth-order valence-corrected chi connectivity index (χ4v) is 1.82. The summed E-state index contributed by atoms with van der Waals surface area (Å²) in [5.74, 6) is -0.0701. The van der Waals surface area contributed by atoms with Gasteiger partial charge in [0.05, 0.1) is 13.0 Å². The first-order valence-corrected chi connectivity index (χ1v) is 5.66. The number of carbonyl (C=O) groups excluding carboxylic acids is 1. The molecule has 0 aromatic rings. The van der Waals surface area contributed by atoms with Gasteiger partial charge in [0.2, 0.25) is 0 Å². The molecule has 0 spiro atoms. The van der Waals surface area contributed by atoms with Crippen LogP contribution in [0.2, 0.25) is 0 Å². The van der Waals surface area contributed by atoms with Gasteiger partial charge in [-0.2, -0.15) is 0 Å². The molecule has 0 aliphatic heterocycles. The molecule has 0 saturated heterocycles. The van der Waals surface area contributed by atoms with Gasteiger partial charge < -0.3 is 4.74 Å². The second kappa shape index (κ2) is 6.63. The Hall–Kier alpha value is -0.790. The van der Waals surface area contributed by atoms with Gasteiger partial charge in [0.25, 0.3) is 0 Å². The maximum Gasteiger partial charge on any atom is 0.309 e. The highest BCUT2D eigenvalue weighted by Gasteiger charge is 2.07. The highest BCUT2D eigenvalue weighted by molar-refractivity contribution is 5.72. The van der Waals surface area contributed by atoms with Crippen LogP contribution in [-0.2, 0) is 9.53 Å². The molecule has 2 nitrogen and oxygen atoms in total. The Morgan fingerprint density at radius 2 is 2.14 bits per heavy atom. The van der Waals surface area contributed by atoms with E-state index in [0.29, 0.717) is 13.0 Å². The molecule has 1 aliphatic rings. The quantitative estimate of drug-likeness (QED) is 0.511. The van der Waals surface area contributed by atoms with Gasteiger partial charge in [0.15, 0.2) is 0 Å². The zero-order valence-corrected chi connectivity index (χ0v) is 9.05. The van der Waals surface area contributed by atoms with E-state index in [1.54, 1.807) is 0 Å². The van der Waals surface area contributed by atoms with Crippen LogP contribution >= 0.6 is 0 Å². The minimum absolute atomic E-state index is 0.0701. The normalized spacial score (nSPS) is 21.6. The highest BCUT2D eigenvalue weighted by Crippen LogP contribution is 2.19. The number of esters is 1. The molecule has 0 atom stereocenters. The van der Waals surface area contributed by atoms with Crippen LogP contribution in [0.3, 0.4) is 0 Å².